The smallest absolute Gasteiger partial charge is 0.0945 e. The molecule has 2 N–H and O–H groups in total. The highest BCUT2D eigenvalue weighted by Crippen LogP contribution is 2.28. The molecule has 0 aliphatic rings. The third-order valence-electron chi connectivity index (χ3n) is 2.68. The molecule has 0 spiro atoms. The van der Waals surface area contributed by atoms with Gasteiger partial charge in [0.05, 0.1) is 16.1 Å². The first-order chi connectivity index (χ1) is 7.47. The Morgan fingerprint density at radius 3 is 2.25 bits per heavy atom. The monoisotopic (exact) mass is 261 g/mol. The van der Waals surface area contributed by atoms with Gasteiger partial charge in [0.15, 0.2) is 0 Å². The molecular formula is C12H17Cl2NO. The molecule has 0 radical (unpaired) electrons. The van der Waals surface area contributed by atoms with E-state index in [1.807, 2.05) is 7.05 Å². The van der Waals surface area contributed by atoms with Crippen LogP contribution < -0.4 is 5.32 Å². The number of likely N-dealkylation sites (N-methyl/N-ethyl adjacent to an activating group) is 1. The summed E-state index contributed by atoms with van der Waals surface area (Å²) in [5.74, 6) is 0.328. The van der Waals surface area contributed by atoms with Crippen molar-refractivity contribution in [3.05, 3.63) is 33.8 Å². The number of hydrogen-bond acceptors (Lipinski definition) is 2. The number of aliphatic hydroxyl groups excluding tert-OH is 1. The van der Waals surface area contributed by atoms with Gasteiger partial charge in [-0.15, -0.1) is 0 Å². The van der Waals surface area contributed by atoms with Crippen LogP contribution in [-0.2, 0) is 0 Å². The summed E-state index contributed by atoms with van der Waals surface area (Å²) in [6, 6.07) is 5.21. The van der Waals surface area contributed by atoms with Gasteiger partial charge in [-0.3, -0.25) is 0 Å². The fraction of sp³-hybridized carbons (Fsp3) is 0.500. The Morgan fingerprint density at radius 2 is 1.81 bits per heavy atom. The first-order valence-corrected chi connectivity index (χ1v) is 6.03. The lowest BCUT2D eigenvalue weighted by Gasteiger charge is -2.26. The van der Waals surface area contributed by atoms with Crippen molar-refractivity contribution in [3.8, 4) is 0 Å². The SMILES string of the molecule is CNC(C(C)C)C(O)c1ccc(Cl)c(Cl)c1. The van der Waals surface area contributed by atoms with E-state index in [1.165, 1.54) is 0 Å². The molecule has 0 aromatic heterocycles. The molecule has 2 atom stereocenters. The lowest BCUT2D eigenvalue weighted by Crippen LogP contribution is -2.36. The molecule has 0 saturated heterocycles. The van der Waals surface area contributed by atoms with E-state index in [9.17, 15) is 5.11 Å². The van der Waals surface area contributed by atoms with Crippen LogP contribution >= 0.6 is 23.2 Å². The van der Waals surface area contributed by atoms with E-state index in [-0.39, 0.29) is 6.04 Å². The quantitative estimate of drug-likeness (QED) is 0.872. The van der Waals surface area contributed by atoms with E-state index in [2.05, 4.69) is 19.2 Å². The van der Waals surface area contributed by atoms with Gasteiger partial charge in [0.2, 0.25) is 0 Å². The molecule has 0 bridgehead atoms. The van der Waals surface area contributed by atoms with Crippen molar-refractivity contribution in [2.24, 2.45) is 5.92 Å². The maximum atomic E-state index is 10.2. The maximum Gasteiger partial charge on any atom is 0.0945 e. The zero-order chi connectivity index (χ0) is 12.3. The zero-order valence-electron chi connectivity index (χ0n) is 9.67. The topological polar surface area (TPSA) is 32.3 Å². The minimum Gasteiger partial charge on any atom is -0.387 e. The van der Waals surface area contributed by atoms with Crippen molar-refractivity contribution in [1.29, 1.82) is 0 Å². The number of hydrogen-bond donors (Lipinski definition) is 2. The third kappa shape index (κ3) is 3.11. The molecule has 16 heavy (non-hydrogen) atoms. The van der Waals surface area contributed by atoms with Crippen LogP contribution in [0.1, 0.15) is 25.5 Å². The summed E-state index contributed by atoms with van der Waals surface area (Å²) in [6.07, 6.45) is -0.584. The largest absolute Gasteiger partial charge is 0.387 e. The lowest BCUT2D eigenvalue weighted by molar-refractivity contribution is 0.110. The molecule has 4 heteroatoms. The van der Waals surface area contributed by atoms with Crippen molar-refractivity contribution in [2.75, 3.05) is 7.05 Å². The average Bonchev–Trinajstić information content (AvgIpc) is 2.22. The molecule has 0 aliphatic heterocycles. The Labute approximate surface area is 107 Å². The minimum atomic E-state index is -0.584. The van der Waals surface area contributed by atoms with Crippen molar-refractivity contribution < 1.29 is 5.11 Å². The molecule has 0 heterocycles. The maximum absolute atomic E-state index is 10.2. The number of nitrogens with one attached hydrogen (secondary N) is 1. The summed E-state index contributed by atoms with van der Waals surface area (Å²) in [7, 11) is 1.84. The van der Waals surface area contributed by atoms with E-state index in [0.29, 0.717) is 16.0 Å². The molecule has 1 aromatic rings. The van der Waals surface area contributed by atoms with E-state index in [0.717, 1.165) is 5.56 Å². The summed E-state index contributed by atoms with van der Waals surface area (Å²) in [4.78, 5) is 0. The van der Waals surface area contributed by atoms with Crippen LogP contribution in [0.2, 0.25) is 10.0 Å². The van der Waals surface area contributed by atoms with Crippen LogP contribution in [-0.4, -0.2) is 18.2 Å². The fourth-order valence-electron chi connectivity index (χ4n) is 1.76. The van der Waals surface area contributed by atoms with Gasteiger partial charge in [-0.05, 0) is 30.7 Å². The Morgan fingerprint density at radius 1 is 1.19 bits per heavy atom. The van der Waals surface area contributed by atoms with Crippen molar-refractivity contribution in [2.45, 2.75) is 26.0 Å². The predicted octanol–water partition coefficient (Wildman–Crippen LogP) is 3.27. The highest BCUT2D eigenvalue weighted by molar-refractivity contribution is 6.42. The average molecular weight is 262 g/mol. The van der Waals surface area contributed by atoms with Gasteiger partial charge in [-0.2, -0.15) is 0 Å². The summed E-state index contributed by atoms with van der Waals surface area (Å²) in [5, 5.41) is 14.3. The van der Waals surface area contributed by atoms with Gasteiger partial charge in [0.1, 0.15) is 0 Å². The van der Waals surface area contributed by atoms with Crippen LogP contribution in [0.5, 0.6) is 0 Å². The van der Waals surface area contributed by atoms with Gasteiger partial charge < -0.3 is 10.4 Å². The lowest BCUT2D eigenvalue weighted by atomic mass is 9.93. The van der Waals surface area contributed by atoms with E-state index in [1.54, 1.807) is 18.2 Å². The van der Waals surface area contributed by atoms with E-state index < -0.39 is 6.10 Å². The van der Waals surface area contributed by atoms with Crippen LogP contribution in [0.4, 0.5) is 0 Å². The second-order valence-electron chi connectivity index (χ2n) is 4.18. The number of aliphatic hydroxyl groups is 1. The number of halogens is 2. The first kappa shape index (κ1) is 13.8. The second kappa shape index (κ2) is 5.87. The number of rotatable bonds is 4. The Kier molecular flexibility index (Phi) is 5.06. The van der Waals surface area contributed by atoms with Crippen molar-refractivity contribution >= 4 is 23.2 Å². The fourth-order valence-corrected chi connectivity index (χ4v) is 2.07. The number of benzene rings is 1. The van der Waals surface area contributed by atoms with Gasteiger partial charge in [-0.1, -0.05) is 43.1 Å². The molecule has 0 saturated carbocycles. The standard InChI is InChI=1S/C12H17Cl2NO/c1-7(2)11(15-3)12(16)8-4-5-9(13)10(14)6-8/h4-7,11-12,15-16H,1-3H3. The Hall–Kier alpha value is -0.280. The highest BCUT2D eigenvalue weighted by Gasteiger charge is 2.22. The van der Waals surface area contributed by atoms with Gasteiger partial charge in [0.25, 0.3) is 0 Å². The summed E-state index contributed by atoms with van der Waals surface area (Å²) < 4.78 is 0. The zero-order valence-corrected chi connectivity index (χ0v) is 11.2. The molecular weight excluding hydrogens is 245 g/mol. The Bertz CT molecular complexity index is 355. The van der Waals surface area contributed by atoms with Crippen LogP contribution in [0.3, 0.4) is 0 Å². The van der Waals surface area contributed by atoms with Crippen LogP contribution in [0.15, 0.2) is 18.2 Å². The highest BCUT2D eigenvalue weighted by atomic mass is 35.5. The molecule has 2 nitrogen and oxygen atoms in total. The van der Waals surface area contributed by atoms with Crippen molar-refractivity contribution in [1.82, 2.24) is 5.32 Å². The molecule has 1 rings (SSSR count). The summed E-state index contributed by atoms with van der Waals surface area (Å²) in [6.45, 7) is 4.11. The molecule has 0 amide bonds. The Balaban J connectivity index is 2.94. The second-order valence-corrected chi connectivity index (χ2v) is 4.99. The molecule has 0 fully saturated rings. The molecule has 2 unspecified atom stereocenters. The predicted molar refractivity (Wildman–Crippen MR) is 69.1 cm³/mol. The van der Waals surface area contributed by atoms with Gasteiger partial charge in [-0.25, -0.2) is 0 Å². The van der Waals surface area contributed by atoms with Crippen LogP contribution in [0, 0.1) is 5.92 Å². The van der Waals surface area contributed by atoms with E-state index >= 15 is 0 Å². The van der Waals surface area contributed by atoms with Gasteiger partial charge in [0, 0.05) is 6.04 Å². The molecule has 90 valence electrons. The first-order valence-electron chi connectivity index (χ1n) is 5.27. The summed E-state index contributed by atoms with van der Waals surface area (Å²) in [5.41, 5.74) is 0.780. The normalized spacial score (nSPS) is 15.2. The molecule has 0 aliphatic carbocycles. The van der Waals surface area contributed by atoms with Gasteiger partial charge >= 0.3 is 0 Å². The summed E-state index contributed by atoms with van der Waals surface area (Å²) >= 11 is 11.8. The van der Waals surface area contributed by atoms with Crippen LogP contribution in [0.25, 0.3) is 0 Å². The van der Waals surface area contributed by atoms with E-state index in [4.69, 9.17) is 23.2 Å². The minimum absolute atomic E-state index is 0.00255. The third-order valence-corrected chi connectivity index (χ3v) is 3.42. The van der Waals surface area contributed by atoms with Crippen molar-refractivity contribution in [3.63, 3.8) is 0 Å². The molecule has 1 aromatic carbocycles.